The minimum atomic E-state index is 0.107. The lowest BCUT2D eigenvalue weighted by atomic mass is 9.97. The highest BCUT2D eigenvalue weighted by Gasteiger charge is 2.22. The molecule has 1 aliphatic heterocycles. The standard InChI is InChI=1S/C29H49N7/c1-5-12-27(23(2)21-26-13-7-6-8-14-26)33-22-24(3)34-28(15-9-10-16-30)25(4)35-17-11-18-36(20-19-35)29(31)32/h6-8,12-14,23,28,33-34H,3-5,9-11,15-22,30H2,1-2H3,(H3,31,32). The van der Waals surface area contributed by atoms with Crippen LogP contribution in [-0.2, 0) is 6.42 Å². The third-order valence-electron chi connectivity index (χ3n) is 6.82. The molecule has 1 saturated heterocycles. The van der Waals surface area contributed by atoms with Crippen molar-refractivity contribution in [2.24, 2.45) is 17.4 Å². The van der Waals surface area contributed by atoms with Gasteiger partial charge in [-0.1, -0.05) is 63.4 Å². The lowest BCUT2D eigenvalue weighted by Crippen LogP contribution is -2.42. The van der Waals surface area contributed by atoms with Crippen LogP contribution in [0.3, 0.4) is 0 Å². The van der Waals surface area contributed by atoms with Crippen molar-refractivity contribution in [1.82, 2.24) is 20.4 Å². The maximum absolute atomic E-state index is 7.77. The summed E-state index contributed by atoms with van der Waals surface area (Å²) in [4.78, 5) is 4.28. The number of guanidine groups is 1. The first-order chi connectivity index (χ1) is 17.3. The molecule has 0 amide bonds. The Morgan fingerprint density at radius 3 is 2.47 bits per heavy atom. The van der Waals surface area contributed by atoms with Crippen molar-refractivity contribution in [3.8, 4) is 0 Å². The molecule has 0 saturated carbocycles. The van der Waals surface area contributed by atoms with Crippen LogP contribution in [0, 0.1) is 11.3 Å². The molecule has 7 heteroatoms. The third-order valence-corrected chi connectivity index (χ3v) is 6.82. The van der Waals surface area contributed by atoms with E-state index >= 15 is 0 Å². The Morgan fingerprint density at radius 1 is 1.11 bits per heavy atom. The number of hydrogen-bond donors (Lipinski definition) is 5. The van der Waals surface area contributed by atoms with Crippen LogP contribution in [0.4, 0.5) is 0 Å². The number of nitrogens with zero attached hydrogens (tertiary/aromatic N) is 2. The van der Waals surface area contributed by atoms with Crippen molar-refractivity contribution in [3.05, 3.63) is 72.2 Å². The van der Waals surface area contributed by atoms with E-state index in [4.69, 9.17) is 16.9 Å². The third kappa shape index (κ3) is 9.97. The quantitative estimate of drug-likeness (QED) is 0.144. The zero-order valence-corrected chi connectivity index (χ0v) is 22.6. The molecule has 0 aliphatic carbocycles. The van der Waals surface area contributed by atoms with Gasteiger partial charge in [0, 0.05) is 43.3 Å². The van der Waals surface area contributed by atoms with E-state index in [-0.39, 0.29) is 12.0 Å². The fraction of sp³-hybridized carbons (Fsp3) is 0.552. The van der Waals surface area contributed by atoms with Gasteiger partial charge < -0.3 is 31.9 Å². The number of benzene rings is 1. The highest BCUT2D eigenvalue weighted by atomic mass is 15.3. The molecule has 2 atom stereocenters. The second-order valence-corrected chi connectivity index (χ2v) is 9.80. The normalized spacial score (nSPS) is 16.1. The van der Waals surface area contributed by atoms with Crippen LogP contribution in [-0.4, -0.2) is 61.1 Å². The monoisotopic (exact) mass is 495 g/mol. The predicted octanol–water partition coefficient (Wildman–Crippen LogP) is 3.76. The summed E-state index contributed by atoms with van der Waals surface area (Å²) in [6, 6.07) is 10.8. The van der Waals surface area contributed by atoms with Crippen molar-refractivity contribution in [3.63, 3.8) is 0 Å². The van der Waals surface area contributed by atoms with Gasteiger partial charge in [-0.3, -0.25) is 5.41 Å². The molecule has 1 fully saturated rings. The molecule has 200 valence electrons. The van der Waals surface area contributed by atoms with Gasteiger partial charge in [0.1, 0.15) is 0 Å². The molecule has 0 aromatic heterocycles. The Kier molecular flexibility index (Phi) is 13.0. The van der Waals surface area contributed by atoms with E-state index in [9.17, 15) is 0 Å². The molecule has 1 heterocycles. The summed E-state index contributed by atoms with van der Waals surface area (Å²) in [6.45, 7) is 17.9. The molecule has 1 aromatic rings. The highest BCUT2D eigenvalue weighted by molar-refractivity contribution is 5.74. The Bertz CT molecular complexity index is 848. The SMILES string of the molecule is C=C(CNC(=CCC)C(C)Cc1ccccc1)NC(CCCCN)C(=C)N1CCCN(C(=N)N)CC1. The molecule has 2 rings (SSSR count). The number of nitrogens with two attached hydrogens (primary N) is 2. The summed E-state index contributed by atoms with van der Waals surface area (Å²) < 4.78 is 0. The Morgan fingerprint density at radius 2 is 1.81 bits per heavy atom. The Balaban J connectivity index is 1.97. The van der Waals surface area contributed by atoms with Crippen LogP contribution in [0.5, 0.6) is 0 Å². The summed E-state index contributed by atoms with van der Waals surface area (Å²) in [5.41, 5.74) is 16.2. The van der Waals surface area contributed by atoms with Crippen molar-refractivity contribution in [1.29, 1.82) is 5.41 Å². The van der Waals surface area contributed by atoms with Gasteiger partial charge in [0.15, 0.2) is 5.96 Å². The van der Waals surface area contributed by atoms with Gasteiger partial charge in [-0.05, 0) is 56.6 Å². The van der Waals surface area contributed by atoms with E-state index in [0.29, 0.717) is 19.0 Å². The molecule has 0 radical (unpaired) electrons. The average molecular weight is 496 g/mol. The first kappa shape index (κ1) is 29.3. The second-order valence-electron chi connectivity index (χ2n) is 9.80. The maximum Gasteiger partial charge on any atom is 0.188 e. The summed E-state index contributed by atoms with van der Waals surface area (Å²) in [6.07, 6.45) is 8.24. The van der Waals surface area contributed by atoms with E-state index in [1.165, 1.54) is 11.3 Å². The minimum absolute atomic E-state index is 0.107. The zero-order valence-electron chi connectivity index (χ0n) is 22.6. The zero-order chi connectivity index (χ0) is 26.3. The van der Waals surface area contributed by atoms with E-state index < -0.39 is 0 Å². The fourth-order valence-corrected chi connectivity index (χ4v) is 4.73. The Labute approximate surface area is 219 Å². The minimum Gasteiger partial charge on any atom is -0.383 e. The summed E-state index contributed by atoms with van der Waals surface area (Å²) in [5.74, 6) is 0.550. The van der Waals surface area contributed by atoms with E-state index in [1.54, 1.807) is 0 Å². The van der Waals surface area contributed by atoms with Crippen LogP contribution in [0.1, 0.15) is 51.5 Å². The van der Waals surface area contributed by atoms with Crippen molar-refractivity contribution >= 4 is 5.96 Å². The van der Waals surface area contributed by atoms with E-state index in [2.05, 4.69) is 78.9 Å². The van der Waals surface area contributed by atoms with Crippen molar-refractivity contribution in [2.45, 2.75) is 58.4 Å². The largest absolute Gasteiger partial charge is 0.383 e. The van der Waals surface area contributed by atoms with Crippen LogP contribution in [0.2, 0.25) is 0 Å². The van der Waals surface area contributed by atoms with Gasteiger partial charge in [0.2, 0.25) is 0 Å². The van der Waals surface area contributed by atoms with E-state index in [1.807, 2.05) is 4.90 Å². The molecule has 0 bridgehead atoms. The van der Waals surface area contributed by atoms with Crippen molar-refractivity contribution in [2.75, 3.05) is 39.3 Å². The molecular weight excluding hydrogens is 446 g/mol. The molecule has 7 nitrogen and oxygen atoms in total. The first-order valence-corrected chi connectivity index (χ1v) is 13.5. The second kappa shape index (κ2) is 15.9. The summed E-state index contributed by atoms with van der Waals surface area (Å²) in [7, 11) is 0. The summed E-state index contributed by atoms with van der Waals surface area (Å²) >= 11 is 0. The van der Waals surface area contributed by atoms with Gasteiger partial charge in [-0.25, -0.2) is 0 Å². The highest BCUT2D eigenvalue weighted by Crippen LogP contribution is 2.18. The van der Waals surface area contributed by atoms with Gasteiger partial charge in [-0.15, -0.1) is 0 Å². The lowest BCUT2D eigenvalue weighted by Gasteiger charge is -2.33. The molecule has 7 N–H and O–H groups in total. The lowest BCUT2D eigenvalue weighted by molar-refractivity contribution is 0.316. The molecule has 36 heavy (non-hydrogen) atoms. The topological polar surface area (TPSA) is 106 Å². The number of unbranched alkanes of at least 4 members (excludes halogenated alkanes) is 1. The van der Waals surface area contributed by atoms with Gasteiger partial charge in [-0.2, -0.15) is 0 Å². The number of nitrogens with one attached hydrogen (secondary N) is 3. The van der Waals surface area contributed by atoms with Crippen LogP contribution in [0.15, 0.2) is 66.7 Å². The Hall–Kier alpha value is -2.93. The van der Waals surface area contributed by atoms with Crippen LogP contribution in [0.25, 0.3) is 0 Å². The molecule has 2 unspecified atom stereocenters. The molecular formula is C29H49N7. The fourth-order valence-electron chi connectivity index (χ4n) is 4.73. The maximum atomic E-state index is 7.77. The van der Waals surface area contributed by atoms with Gasteiger partial charge in [0.05, 0.1) is 12.6 Å². The van der Waals surface area contributed by atoms with Crippen LogP contribution >= 0.6 is 0 Å². The predicted molar refractivity (Wildman–Crippen MR) is 153 cm³/mol. The average Bonchev–Trinajstić information content (AvgIpc) is 3.13. The smallest absolute Gasteiger partial charge is 0.188 e. The number of allylic oxidation sites excluding steroid dienone is 2. The number of rotatable bonds is 15. The molecule has 1 aromatic carbocycles. The van der Waals surface area contributed by atoms with Gasteiger partial charge in [0.25, 0.3) is 0 Å². The molecule has 1 aliphatic rings. The van der Waals surface area contributed by atoms with Gasteiger partial charge >= 0.3 is 0 Å². The van der Waals surface area contributed by atoms with Crippen LogP contribution < -0.4 is 22.1 Å². The van der Waals surface area contributed by atoms with E-state index in [0.717, 1.165) is 76.1 Å². The first-order valence-electron chi connectivity index (χ1n) is 13.5. The number of hydrogen-bond acceptors (Lipinski definition) is 5. The molecule has 0 spiro atoms. The summed E-state index contributed by atoms with van der Waals surface area (Å²) in [5, 5.41) is 15.1. The van der Waals surface area contributed by atoms with Crippen molar-refractivity contribution < 1.29 is 0 Å².